The lowest BCUT2D eigenvalue weighted by Crippen LogP contribution is -2.42. The first-order chi connectivity index (χ1) is 12.8. The number of carbonyl (C=O) groups is 1. The van der Waals surface area contributed by atoms with E-state index in [1.54, 1.807) is 16.3 Å². The third kappa shape index (κ3) is 5.06. The molecule has 2 heterocycles. The van der Waals surface area contributed by atoms with Crippen LogP contribution in [0.15, 0.2) is 29.6 Å². The molecule has 1 aliphatic heterocycles. The molecule has 2 aromatic rings. The van der Waals surface area contributed by atoms with Crippen LogP contribution in [-0.2, 0) is 15.7 Å². The zero-order chi connectivity index (χ0) is 19.4. The molecule has 5 nitrogen and oxygen atoms in total. The van der Waals surface area contributed by atoms with Gasteiger partial charge in [-0.2, -0.15) is 13.2 Å². The molecule has 0 spiro atoms. The maximum atomic E-state index is 12.9. The lowest BCUT2D eigenvalue weighted by atomic mass is 10.1. The van der Waals surface area contributed by atoms with Gasteiger partial charge in [-0.1, -0.05) is 12.1 Å². The van der Waals surface area contributed by atoms with E-state index in [0.717, 1.165) is 25.2 Å². The van der Waals surface area contributed by atoms with Crippen LogP contribution >= 0.6 is 11.3 Å². The van der Waals surface area contributed by atoms with Gasteiger partial charge in [-0.3, -0.25) is 14.6 Å². The van der Waals surface area contributed by atoms with Crippen molar-refractivity contribution < 1.29 is 22.7 Å². The minimum Gasteiger partial charge on any atom is -0.379 e. The number of amides is 1. The second kappa shape index (κ2) is 8.37. The number of anilines is 1. The van der Waals surface area contributed by atoms with Crippen molar-refractivity contribution in [2.45, 2.75) is 13.1 Å². The standard InChI is InChI=1S/C18H20F3N3O2S/c1-13(25)24(6-5-23-7-9-26-10-8-23)17-22-16(12-27-17)14-3-2-4-15(11-14)18(19,20)21/h2-4,11-12H,5-10H2,1H3. The van der Waals surface area contributed by atoms with Crippen LogP contribution in [0, 0.1) is 0 Å². The van der Waals surface area contributed by atoms with Crippen LogP contribution in [0.3, 0.4) is 0 Å². The van der Waals surface area contributed by atoms with Gasteiger partial charge in [0.1, 0.15) is 0 Å². The fourth-order valence-electron chi connectivity index (χ4n) is 2.83. The van der Waals surface area contributed by atoms with Gasteiger partial charge in [-0.05, 0) is 12.1 Å². The molecule has 1 aliphatic rings. The van der Waals surface area contributed by atoms with E-state index in [0.29, 0.717) is 42.7 Å². The van der Waals surface area contributed by atoms with Gasteiger partial charge in [0.2, 0.25) is 5.91 Å². The SMILES string of the molecule is CC(=O)N(CCN1CCOCC1)c1nc(-c2cccc(C(F)(F)F)c2)cs1. The van der Waals surface area contributed by atoms with Crippen LogP contribution in [0.5, 0.6) is 0 Å². The van der Waals surface area contributed by atoms with Gasteiger partial charge >= 0.3 is 6.18 Å². The molecular formula is C18H20F3N3O2S. The normalized spacial score (nSPS) is 15.7. The average Bonchev–Trinajstić information content (AvgIpc) is 3.12. The highest BCUT2D eigenvalue weighted by Crippen LogP contribution is 2.33. The van der Waals surface area contributed by atoms with Crippen LogP contribution in [0.2, 0.25) is 0 Å². The Morgan fingerprint density at radius 1 is 1.33 bits per heavy atom. The Bertz CT molecular complexity index is 788. The molecule has 0 aliphatic carbocycles. The Morgan fingerprint density at radius 2 is 2.07 bits per heavy atom. The van der Waals surface area contributed by atoms with Crippen LogP contribution in [0.25, 0.3) is 11.3 Å². The summed E-state index contributed by atoms with van der Waals surface area (Å²) in [5, 5.41) is 2.17. The molecule has 3 rings (SSSR count). The van der Waals surface area contributed by atoms with Crippen LogP contribution < -0.4 is 4.90 Å². The zero-order valence-corrected chi connectivity index (χ0v) is 15.6. The number of ether oxygens (including phenoxy) is 1. The number of aromatic nitrogens is 1. The number of halogens is 3. The van der Waals surface area contributed by atoms with E-state index in [4.69, 9.17) is 4.74 Å². The van der Waals surface area contributed by atoms with Crippen molar-refractivity contribution in [3.63, 3.8) is 0 Å². The van der Waals surface area contributed by atoms with Gasteiger partial charge in [-0.15, -0.1) is 11.3 Å². The summed E-state index contributed by atoms with van der Waals surface area (Å²) in [6, 6.07) is 5.05. The Hall–Kier alpha value is -1.97. The predicted molar refractivity (Wildman–Crippen MR) is 97.8 cm³/mol. The summed E-state index contributed by atoms with van der Waals surface area (Å²) >= 11 is 1.25. The molecule has 1 amide bonds. The second-order valence-electron chi connectivity index (χ2n) is 6.22. The predicted octanol–water partition coefficient (Wildman–Crippen LogP) is 3.51. The number of benzene rings is 1. The summed E-state index contributed by atoms with van der Waals surface area (Å²) < 4.78 is 44.1. The fraction of sp³-hybridized carbons (Fsp3) is 0.444. The van der Waals surface area contributed by atoms with Gasteiger partial charge in [0.05, 0.1) is 24.5 Å². The topological polar surface area (TPSA) is 45.7 Å². The Labute approximate surface area is 159 Å². The molecule has 0 N–H and O–H groups in total. The average molecular weight is 399 g/mol. The van der Waals surface area contributed by atoms with E-state index in [1.807, 2.05) is 0 Å². The Kier molecular flexibility index (Phi) is 6.13. The maximum Gasteiger partial charge on any atom is 0.416 e. The minimum atomic E-state index is -4.40. The molecule has 0 unspecified atom stereocenters. The first kappa shape index (κ1) is 19.8. The molecule has 1 aromatic carbocycles. The first-order valence-corrected chi connectivity index (χ1v) is 9.44. The number of morpholine rings is 1. The molecule has 27 heavy (non-hydrogen) atoms. The number of rotatable bonds is 5. The molecule has 1 aromatic heterocycles. The van der Waals surface area contributed by atoms with E-state index in [9.17, 15) is 18.0 Å². The number of thiazole rings is 1. The zero-order valence-electron chi connectivity index (χ0n) is 14.8. The van der Waals surface area contributed by atoms with Gasteiger partial charge < -0.3 is 4.74 Å². The summed E-state index contributed by atoms with van der Waals surface area (Å²) in [6.45, 7) is 5.63. The molecule has 0 saturated carbocycles. The van der Waals surface area contributed by atoms with E-state index >= 15 is 0 Å². The minimum absolute atomic E-state index is 0.145. The van der Waals surface area contributed by atoms with Crippen molar-refractivity contribution in [3.8, 4) is 11.3 Å². The van der Waals surface area contributed by atoms with Crippen LogP contribution in [-0.4, -0.2) is 55.2 Å². The molecular weight excluding hydrogens is 379 g/mol. The van der Waals surface area contributed by atoms with Crippen molar-refractivity contribution in [1.29, 1.82) is 0 Å². The van der Waals surface area contributed by atoms with Gasteiger partial charge in [-0.25, -0.2) is 4.98 Å². The van der Waals surface area contributed by atoms with E-state index < -0.39 is 11.7 Å². The van der Waals surface area contributed by atoms with Gasteiger partial charge in [0.15, 0.2) is 5.13 Å². The Morgan fingerprint density at radius 3 is 2.74 bits per heavy atom. The van der Waals surface area contributed by atoms with Crippen molar-refractivity contribution in [1.82, 2.24) is 9.88 Å². The molecule has 9 heteroatoms. The molecule has 0 radical (unpaired) electrons. The van der Waals surface area contributed by atoms with Gasteiger partial charge in [0.25, 0.3) is 0 Å². The summed E-state index contributed by atoms with van der Waals surface area (Å²) in [6.07, 6.45) is -4.40. The maximum absolute atomic E-state index is 12.9. The van der Waals surface area contributed by atoms with E-state index in [1.165, 1.54) is 24.3 Å². The fourth-order valence-corrected chi connectivity index (χ4v) is 3.73. The molecule has 1 fully saturated rings. The third-order valence-electron chi connectivity index (χ3n) is 4.33. The quantitative estimate of drug-likeness (QED) is 0.772. The highest BCUT2D eigenvalue weighted by atomic mass is 32.1. The third-order valence-corrected chi connectivity index (χ3v) is 5.20. The van der Waals surface area contributed by atoms with E-state index in [2.05, 4.69) is 9.88 Å². The highest BCUT2D eigenvalue weighted by Gasteiger charge is 2.30. The number of carbonyl (C=O) groups excluding carboxylic acids is 1. The smallest absolute Gasteiger partial charge is 0.379 e. The number of nitrogens with zero attached hydrogens (tertiary/aromatic N) is 3. The summed E-state index contributed by atoms with van der Waals surface area (Å²) in [7, 11) is 0. The number of hydrogen-bond acceptors (Lipinski definition) is 5. The lowest BCUT2D eigenvalue weighted by Gasteiger charge is -2.28. The summed E-state index contributed by atoms with van der Waals surface area (Å²) in [5.74, 6) is -0.145. The number of hydrogen-bond donors (Lipinski definition) is 0. The van der Waals surface area contributed by atoms with Crippen molar-refractivity contribution in [2.24, 2.45) is 0 Å². The van der Waals surface area contributed by atoms with E-state index in [-0.39, 0.29) is 5.91 Å². The van der Waals surface area contributed by atoms with Crippen molar-refractivity contribution in [2.75, 3.05) is 44.3 Å². The molecule has 0 atom stereocenters. The molecule has 0 bridgehead atoms. The van der Waals surface area contributed by atoms with Crippen LogP contribution in [0.1, 0.15) is 12.5 Å². The second-order valence-corrected chi connectivity index (χ2v) is 7.06. The number of alkyl halides is 3. The Balaban J connectivity index is 1.75. The highest BCUT2D eigenvalue weighted by molar-refractivity contribution is 7.14. The first-order valence-electron chi connectivity index (χ1n) is 8.56. The molecule has 146 valence electrons. The summed E-state index contributed by atoms with van der Waals surface area (Å²) in [4.78, 5) is 20.2. The summed E-state index contributed by atoms with van der Waals surface area (Å²) in [5.41, 5.74) is 0.0908. The monoisotopic (exact) mass is 399 g/mol. The van der Waals surface area contributed by atoms with Crippen molar-refractivity contribution in [3.05, 3.63) is 35.2 Å². The lowest BCUT2D eigenvalue weighted by molar-refractivity contribution is -0.137. The van der Waals surface area contributed by atoms with Crippen LogP contribution in [0.4, 0.5) is 18.3 Å². The largest absolute Gasteiger partial charge is 0.416 e. The van der Waals surface area contributed by atoms with Crippen molar-refractivity contribution >= 4 is 22.4 Å². The molecule has 1 saturated heterocycles. The van der Waals surface area contributed by atoms with Gasteiger partial charge in [0, 0.05) is 44.0 Å².